The van der Waals surface area contributed by atoms with Gasteiger partial charge in [0.25, 0.3) is 0 Å². The molecular weight excluding hydrogens is 390 g/mol. The summed E-state index contributed by atoms with van der Waals surface area (Å²) in [6.45, 7) is -0.669. The zero-order chi connectivity index (χ0) is 21.6. The Balaban J connectivity index is 1.35. The topological polar surface area (TPSA) is 9.23 Å². The van der Waals surface area contributed by atoms with E-state index in [0.717, 1.165) is 28.9 Å². The fourth-order valence-electron chi connectivity index (χ4n) is 5.38. The summed E-state index contributed by atoms with van der Waals surface area (Å²) in [6.07, 6.45) is 12.7. The van der Waals surface area contributed by atoms with E-state index < -0.39 is 6.61 Å². The third-order valence-electron chi connectivity index (χ3n) is 6.93. The fourth-order valence-corrected chi connectivity index (χ4v) is 5.38. The first-order valence-corrected chi connectivity index (χ1v) is 11.4. The smallest absolute Gasteiger partial charge is 0.387 e. The summed E-state index contributed by atoms with van der Waals surface area (Å²) in [5.74, 6) is 9.68. The molecule has 162 valence electrons. The number of rotatable bonds is 4. The van der Waals surface area contributed by atoms with Crippen molar-refractivity contribution >= 4 is 0 Å². The maximum absolute atomic E-state index is 12.2. The summed E-state index contributed by atoms with van der Waals surface area (Å²) in [6, 6.07) is 15.1. The number of alkyl halides is 2. The Labute approximate surface area is 184 Å². The first kappa shape index (κ1) is 21.6. The maximum atomic E-state index is 12.2. The van der Waals surface area contributed by atoms with E-state index in [9.17, 15) is 8.78 Å². The van der Waals surface area contributed by atoms with E-state index in [0.29, 0.717) is 5.92 Å². The molecule has 31 heavy (non-hydrogen) atoms. The van der Waals surface area contributed by atoms with Crippen LogP contribution >= 0.6 is 0 Å². The van der Waals surface area contributed by atoms with Gasteiger partial charge in [0.1, 0.15) is 5.75 Å². The summed E-state index contributed by atoms with van der Waals surface area (Å²) >= 11 is 0. The van der Waals surface area contributed by atoms with Crippen LogP contribution in [0.2, 0.25) is 0 Å². The normalized spacial score (nSPS) is 25.7. The first-order chi connectivity index (χ1) is 15.1. The summed E-state index contributed by atoms with van der Waals surface area (Å²) in [5.41, 5.74) is 3.18. The minimum atomic E-state index is -2.81. The summed E-state index contributed by atoms with van der Waals surface area (Å²) in [4.78, 5) is 0. The van der Waals surface area contributed by atoms with E-state index in [1.165, 1.54) is 56.2 Å². The zero-order valence-electron chi connectivity index (χ0n) is 18.1. The Morgan fingerprint density at radius 3 is 2.10 bits per heavy atom. The van der Waals surface area contributed by atoms with Gasteiger partial charge in [-0.05, 0) is 111 Å². The van der Waals surface area contributed by atoms with Crippen LogP contribution in [0.25, 0.3) is 0 Å². The lowest BCUT2D eigenvalue weighted by Gasteiger charge is -2.41. The number of benzene rings is 2. The van der Waals surface area contributed by atoms with Gasteiger partial charge in [-0.25, -0.2) is 0 Å². The van der Waals surface area contributed by atoms with E-state index in [-0.39, 0.29) is 5.75 Å². The third kappa shape index (κ3) is 5.76. The Morgan fingerprint density at radius 2 is 1.45 bits per heavy atom. The van der Waals surface area contributed by atoms with E-state index in [4.69, 9.17) is 0 Å². The highest BCUT2D eigenvalue weighted by molar-refractivity contribution is 5.45. The number of ether oxygens (including phenoxy) is 1. The second kappa shape index (κ2) is 10.1. The van der Waals surface area contributed by atoms with Gasteiger partial charge in [-0.15, -0.1) is 0 Å². The van der Waals surface area contributed by atoms with E-state index in [1.54, 1.807) is 12.1 Å². The molecule has 0 N–H and O–H groups in total. The first-order valence-electron chi connectivity index (χ1n) is 11.4. The van der Waals surface area contributed by atoms with E-state index in [2.05, 4.69) is 59.9 Å². The van der Waals surface area contributed by atoms with Crippen LogP contribution in [0, 0.1) is 29.6 Å². The second-order valence-electron chi connectivity index (χ2n) is 8.90. The number of hydrogen-bond donors (Lipinski definition) is 0. The molecule has 2 saturated carbocycles. The van der Waals surface area contributed by atoms with Crippen molar-refractivity contribution in [3.8, 4) is 17.6 Å². The van der Waals surface area contributed by atoms with Crippen molar-refractivity contribution in [1.82, 2.24) is 0 Å². The minimum absolute atomic E-state index is 0.148. The Bertz CT molecular complexity index is 934. The lowest BCUT2D eigenvalue weighted by Crippen LogP contribution is -2.30. The number of hydrogen-bond acceptors (Lipinski definition) is 1. The molecule has 0 aromatic heterocycles. The average molecular weight is 421 g/mol. The molecule has 4 rings (SSSR count). The maximum Gasteiger partial charge on any atom is 0.387 e. The van der Waals surface area contributed by atoms with Gasteiger partial charge < -0.3 is 4.74 Å². The fraction of sp³-hybridized carbons (Fsp3) is 0.429. The highest BCUT2D eigenvalue weighted by Crippen LogP contribution is 2.47. The molecule has 2 aliphatic carbocycles. The molecule has 0 spiro atoms. The van der Waals surface area contributed by atoms with Crippen molar-refractivity contribution in [3.05, 3.63) is 77.4 Å². The van der Waals surface area contributed by atoms with Gasteiger partial charge in [0.2, 0.25) is 0 Å². The molecule has 2 fully saturated rings. The second-order valence-corrected chi connectivity index (χ2v) is 8.90. The molecule has 0 saturated heterocycles. The lowest BCUT2D eigenvalue weighted by atomic mass is 9.64. The standard InChI is InChI=1S/C28H30F2O/c1-2-3-22-8-13-26-19-25(15-14-24(26)18-22)23-11-6-20(7-12-23)4-5-21-9-16-27(17-10-21)31-28(29)30/h2-3,6-7,9-12,16-17,22,24-26,28H,8,13-15,18-19H2,1H3/b3-2+. The molecule has 2 aliphatic rings. The van der Waals surface area contributed by atoms with Gasteiger partial charge in [-0.3, -0.25) is 0 Å². The minimum Gasteiger partial charge on any atom is -0.435 e. The monoisotopic (exact) mass is 420 g/mol. The molecule has 4 unspecified atom stereocenters. The molecule has 0 bridgehead atoms. The SMILES string of the molecule is C/C=C/C1CCC2CC(c3ccc(C#Cc4ccc(OC(F)F)cc4)cc3)CCC2C1. The van der Waals surface area contributed by atoms with E-state index >= 15 is 0 Å². The van der Waals surface area contributed by atoms with Crippen LogP contribution in [0.1, 0.15) is 68.1 Å². The molecule has 0 amide bonds. The zero-order valence-corrected chi connectivity index (χ0v) is 18.1. The van der Waals surface area contributed by atoms with Crippen LogP contribution < -0.4 is 4.74 Å². The molecule has 0 aliphatic heterocycles. The molecule has 4 atom stereocenters. The van der Waals surface area contributed by atoms with Gasteiger partial charge in [-0.2, -0.15) is 8.78 Å². The molecule has 0 heterocycles. The van der Waals surface area contributed by atoms with Crippen molar-refractivity contribution in [2.24, 2.45) is 17.8 Å². The van der Waals surface area contributed by atoms with E-state index in [1.807, 2.05) is 0 Å². The Morgan fingerprint density at radius 1 is 0.839 bits per heavy atom. The van der Waals surface area contributed by atoms with Crippen molar-refractivity contribution in [2.45, 2.75) is 58.0 Å². The van der Waals surface area contributed by atoms with Gasteiger partial charge >= 0.3 is 6.61 Å². The summed E-state index contributed by atoms with van der Waals surface area (Å²) < 4.78 is 28.8. The summed E-state index contributed by atoms with van der Waals surface area (Å²) in [7, 11) is 0. The third-order valence-corrected chi connectivity index (χ3v) is 6.93. The molecule has 2 aromatic carbocycles. The quantitative estimate of drug-likeness (QED) is 0.366. The van der Waals surface area contributed by atoms with Crippen LogP contribution in [0.15, 0.2) is 60.7 Å². The molecule has 2 aromatic rings. The highest BCUT2D eigenvalue weighted by atomic mass is 19.3. The van der Waals surface area contributed by atoms with Gasteiger partial charge in [0.15, 0.2) is 0 Å². The molecule has 0 radical (unpaired) electrons. The predicted molar refractivity (Wildman–Crippen MR) is 121 cm³/mol. The van der Waals surface area contributed by atoms with Crippen LogP contribution in [-0.2, 0) is 0 Å². The van der Waals surface area contributed by atoms with Gasteiger partial charge in [0.05, 0.1) is 0 Å². The molecular formula is C28H30F2O. The van der Waals surface area contributed by atoms with Crippen molar-refractivity contribution in [1.29, 1.82) is 0 Å². The summed E-state index contributed by atoms with van der Waals surface area (Å²) in [5, 5.41) is 0. The Hall–Kier alpha value is -2.60. The molecule has 3 heteroatoms. The van der Waals surface area contributed by atoms with Crippen LogP contribution in [0.5, 0.6) is 5.75 Å². The molecule has 1 nitrogen and oxygen atoms in total. The largest absolute Gasteiger partial charge is 0.435 e. The van der Waals surface area contributed by atoms with Crippen LogP contribution in [-0.4, -0.2) is 6.61 Å². The van der Waals surface area contributed by atoms with Gasteiger partial charge in [-0.1, -0.05) is 36.1 Å². The van der Waals surface area contributed by atoms with Crippen molar-refractivity contribution < 1.29 is 13.5 Å². The highest BCUT2D eigenvalue weighted by Gasteiger charge is 2.35. The Kier molecular flexibility index (Phi) is 7.07. The van der Waals surface area contributed by atoms with Gasteiger partial charge in [0, 0.05) is 11.1 Å². The van der Waals surface area contributed by atoms with Crippen LogP contribution in [0.3, 0.4) is 0 Å². The number of fused-ring (bicyclic) bond motifs is 1. The number of halogens is 2. The van der Waals surface area contributed by atoms with Crippen LogP contribution in [0.4, 0.5) is 8.78 Å². The van der Waals surface area contributed by atoms with Crippen molar-refractivity contribution in [3.63, 3.8) is 0 Å². The predicted octanol–water partition coefficient (Wildman–Crippen LogP) is 7.56. The van der Waals surface area contributed by atoms with Crippen molar-refractivity contribution in [2.75, 3.05) is 0 Å². The lowest BCUT2D eigenvalue weighted by molar-refractivity contribution is -0.0498. The average Bonchev–Trinajstić information content (AvgIpc) is 2.78. The number of allylic oxidation sites excluding steroid dienone is 2.